The molecule has 2 aromatic rings. The van der Waals surface area contributed by atoms with Gasteiger partial charge in [0.15, 0.2) is 0 Å². The van der Waals surface area contributed by atoms with E-state index in [-0.39, 0.29) is 6.04 Å². The van der Waals surface area contributed by atoms with Crippen LogP contribution in [0.4, 0.5) is 8.78 Å². The lowest BCUT2D eigenvalue weighted by Gasteiger charge is -2.26. The molecule has 0 aliphatic carbocycles. The zero-order valence-electron chi connectivity index (χ0n) is 11.1. The van der Waals surface area contributed by atoms with Crippen LogP contribution in [0.25, 0.3) is 0 Å². The first kappa shape index (κ1) is 13.5. The highest BCUT2D eigenvalue weighted by atomic mass is 19.1. The van der Waals surface area contributed by atoms with Gasteiger partial charge in [-0.2, -0.15) is 0 Å². The smallest absolute Gasteiger partial charge is 0.257 e. The second-order valence-electron chi connectivity index (χ2n) is 4.80. The molecule has 108 valence electrons. The van der Waals surface area contributed by atoms with Crippen molar-refractivity contribution in [3.8, 4) is 5.75 Å². The molecule has 3 nitrogen and oxygen atoms in total. The van der Waals surface area contributed by atoms with E-state index < -0.39 is 23.1 Å². The van der Waals surface area contributed by atoms with Gasteiger partial charge in [-0.25, -0.2) is 8.78 Å². The highest BCUT2D eigenvalue weighted by molar-refractivity contribution is 5.95. The average Bonchev–Trinajstić information content (AvgIpc) is 2.47. The van der Waals surface area contributed by atoms with Crippen molar-refractivity contribution in [3.05, 3.63) is 65.2 Å². The topological polar surface area (TPSA) is 38.3 Å². The predicted octanol–water partition coefficient (Wildman–Crippen LogP) is 3.22. The summed E-state index contributed by atoms with van der Waals surface area (Å²) in [6.07, 6.45) is 0.554. The Morgan fingerprint density at radius 3 is 2.57 bits per heavy atom. The summed E-state index contributed by atoms with van der Waals surface area (Å²) in [5.41, 5.74) is 0.260. The molecule has 0 bridgehead atoms. The lowest BCUT2D eigenvalue weighted by atomic mass is 10.00. The Balaban J connectivity index is 1.86. The number of para-hydroxylation sites is 1. The molecule has 0 saturated heterocycles. The van der Waals surface area contributed by atoms with Crippen molar-refractivity contribution >= 4 is 5.91 Å². The van der Waals surface area contributed by atoms with E-state index in [0.717, 1.165) is 17.7 Å². The summed E-state index contributed by atoms with van der Waals surface area (Å²) < 4.78 is 32.7. The van der Waals surface area contributed by atoms with Crippen LogP contribution in [0.2, 0.25) is 0 Å². The number of ether oxygens (including phenoxy) is 1. The molecule has 1 heterocycles. The zero-order valence-corrected chi connectivity index (χ0v) is 11.1. The molecule has 1 aliphatic rings. The van der Waals surface area contributed by atoms with Gasteiger partial charge in [-0.05, 0) is 18.2 Å². The largest absolute Gasteiger partial charge is 0.493 e. The maximum Gasteiger partial charge on any atom is 0.257 e. The molecule has 21 heavy (non-hydrogen) atoms. The summed E-state index contributed by atoms with van der Waals surface area (Å²) in [6.45, 7) is 0.446. The van der Waals surface area contributed by atoms with Gasteiger partial charge in [0.05, 0.1) is 12.6 Å². The van der Waals surface area contributed by atoms with E-state index in [1.165, 1.54) is 6.07 Å². The van der Waals surface area contributed by atoms with Gasteiger partial charge in [0, 0.05) is 12.0 Å². The number of benzene rings is 2. The van der Waals surface area contributed by atoms with E-state index in [1.54, 1.807) is 6.07 Å². The lowest BCUT2D eigenvalue weighted by molar-refractivity contribution is 0.0916. The molecule has 0 fully saturated rings. The molecule has 3 rings (SSSR count). The second-order valence-corrected chi connectivity index (χ2v) is 4.80. The molecule has 1 N–H and O–H groups in total. The van der Waals surface area contributed by atoms with Gasteiger partial charge in [-0.3, -0.25) is 4.79 Å². The van der Waals surface area contributed by atoms with Gasteiger partial charge >= 0.3 is 0 Å². The second kappa shape index (κ2) is 5.52. The van der Waals surface area contributed by atoms with Crippen LogP contribution in [-0.2, 0) is 0 Å². The number of hydrogen-bond acceptors (Lipinski definition) is 2. The number of rotatable bonds is 2. The third kappa shape index (κ3) is 2.59. The minimum atomic E-state index is -0.868. The van der Waals surface area contributed by atoms with Crippen molar-refractivity contribution in [3.63, 3.8) is 0 Å². The Morgan fingerprint density at radius 1 is 1.10 bits per heavy atom. The molecule has 1 aliphatic heterocycles. The molecule has 0 saturated carbocycles. The Labute approximate surface area is 120 Å². The van der Waals surface area contributed by atoms with Crippen molar-refractivity contribution in [2.75, 3.05) is 6.61 Å². The highest BCUT2D eigenvalue weighted by Gasteiger charge is 2.25. The van der Waals surface area contributed by atoms with Gasteiger partial charge in [-0.1, -0.05) is 24.3 Å². The molecular weight excluding hydrogens is 276 g/mol. The summed E-state index contributed by atoms with van der Waals surface area (Å²) in [5, 5.41) is 2.67. The van der Waals surface area contributed by atoms with Crippen LogP contribution in [0.5, 0.6) is 5.75 Å². The Hall–Kier alpha value is -2.43. The van der Waals surface area contributed by atoms with Gasteiger partial charge in [0.25, 0.3) is 5.91 Å². The minimum Gasteiger partial charge on any atom is -0.493 e. The van der Waals surface area contributed by atoms with Gasteiger partial charge in [0.2, 0.25) is 0 Å². The molecule has 0 aromatic heterocycles. The van der Waals surface area contributed by atoms with Crippen LogP contribution in [0.3, 0.4) is 0 Å². The SMILES string of the molecule is O=C(NC1CCOc2ccccc21)c1c(F)cccc1F. The monoisotopic (exact) mass is 289 g/mol. The summed E-state index contributed by atoms with van der Waals surface area (Å²) in [6, 6.07) is 10.3. The zero-order chi connectivity index (χ0) is 14.8. The summed E-state index contributed by atoms with van der Waals surface area (Å²) >= 11 is 0. The van der Waals surface area contributed by atoms with Crippen LogP contribution in [0.1, 0.15) is 28.4 Å². The van der Waals surface area contributed by atoms with Crippen molar-refractivity contribution in [2.24, 2.45) is 0 Å². The van der Waals surface area contributed by atoms with Crippen molar-refractivity contribution in [1.82, 2.24) is 5.32 Å². The van der Waals surface area contributed by atoms with Crippen LogP contribution in [-0.4, -0.2) is 12.5 Å². The van der Waals surface area contributed by atoms with Gasteiger partial charge in [-0.15, -0.1) is 0 Å². The minimum absolute atomic E-state index is 0.318. The quantitative estimate of drug-likeness (QED) is 0.922. The fraction of sp³-hybridized carbons (Fsp3) is 0.188. The van der Waals surface area contributed by atoms with E-state index >= 15 is 0 Å². The van der Waals surface area contributed by atoms with E-state index in [0.29, 0.717) is 18.8 Å². The number of halogens is 2. The normalized spacial score (nSPS) is 16.8. The van der Waals surface area contributed by atoms with E-state index in [2.05, 4.69) is 5.32 Å². The number of amides is 1. The Kier molecular flexibility index (Phi) is 3.56. The van der Waals surface area contributed by atoms with Crippen LogP contribution >= 0.6 is 0 Å². The maximum atomic E-state index is 13.6. The molecule has 0 spiro atoms. The maximum absolute atomic E-state index is 13.6. The molecule has 1 amide bonds. The standard InChI is InChI=1S/C16H13F2NO2/c17-11-5-3-6-12(18)15(11)16(20)19-13-8-9-21-14-7-2-1-4-10(13)14/h1-7,13H,8-9H2,(H,19,20). The summed E-state index contributed by atoms with van der Waals surface area (Å²) in [7, 11) is 0. The summed E-state index contributed by atoms with van der Waals surface area (Å²) in [5.74, 6) is -1.81. The van der Waals surface area contributed by atoms with Crippen molar-refractivity contribution < 1.29 is 18.3 Å². The highest BCUT2D eigenvalue weighted by Crippen LogP contribution is 2.31. The third-order valence-corrected chi connectivity index (χ3v) is 3.45. The fourth-order valence-electron chi connectivity index (χ4n) is 2.44. The van der Waals surface area contributed by atoms with E-state index in [1.807, 2.05) is 18.2 Å². The van der Waals surface area contributed by atoms with E-state index in [4.69, 9.17) is 4.74 Å². The Morgan fingerprint density at radius 2 is 1.81 bits per heavy atom. The number of nitrogens with one attached hydrogen (secondary N) is 1. The lowest BCUT2D eigenvalue weighted by Crippen LogP contribution is -2.33. The number of carbonyl (C=O) groups is 1. The predicted molar refractivity (Wildman–Crippen MR) is 73.1 cm³/mol. The first-order chi connectivity index (χ1) is 10.2. The Bertz CT molecular complexity index is 667. The first-order valence-corrected chi connectivity index (χ1v) is 6.63. The van der Waals surface area contributed by atoms with Crippen molar-refractivity contribution in [2.45, 2.75) is 12.5 Å². The van der Waals surface area contributed by atoms with E-state index in [9.17, 15) is 13.6 Å². The average molecular weight is 289 g/mol. The van der Waals surface area contributed by atoms with Crippen molar-refractivity contribution in [1.29, 1.82) is 0 Å². The van der Waals surface area contributed by atoms with Crippen LogP contribution in [0, 0.1) is 11.6 Å². The third-order valence-electron chi connectivity index (χ3n) is 3.45. The van der Waals surface area contributed by atoms with Crippen LogP contribution < -0.4 is 10.1 Å². The van der Waals surface area contributed by atoms with Gasteiger partial charge in [0.1, 0.15) is 22.9 Å². The number of hydrogen-bond donors (Lipinski definition) is 1. The fourth-order valence-corrected chi connectivity index (χ4v) is 2.44. The summed E-state index contributed by atoms with van der Waals surface area (Å²) in [4.78, 5) is 12.1. The number of fused-ring (bicyclic) bond motifs is 1. The molecule has 2 aromatic carbocycles. The molecule has 5 heteroatoms. The van der Waals surface area contributed by atoms with Gasteiger partial charge < -0.3 is 10.1 Å². The molecular formula is C16H13F2NO2. The molecule has 1 unspecified atom stereocenters. The number of carbonyl (C=O) groups excluding carboxylic acids is 1. The first-order valence-electron chi connectivity index (χ1n) is 6.63. The molecule has 0 radical (unpaired) electrons. The van der Waals surface area contributed by atoms with Crippen LogP contribution in [0.15, 0.2) is 42.5 Å². The molecule has 1 atom stereocenters.